The summed E-state index contributed by atoms with van der Waals surface area (Å²) in [4.78, 5) is 10.3. The number of pyridine rings is 1. The number of anilines is 1. The van der Waals surface area contributed by atoms with Crippen LogP contribution in [0.1, 0.15) is 11.4 Å². The molecule has 0 saturated heterocycles. The summed E-state index contributed by atoms with van der Waals surface area (Å²) in [6.07, 6.45) is 7.11. The zero-order chi connectivity index (χ0) is 12.3. The van der Waals surface area contributed by atoms with Gasteiger partial charge >= 0.3 is 0 Å². The molecule has 0 aromatic carbocycles. The van der Waals surface area contributed by atoms with Crippen molar-refractivity contribution >= 4 is 5.69 Å². The van der Waals surface area contributed by atoms with E-state index in [1.807, 2.05) is 30.9 Å². The zero-order valence-corrected chi connectivity index (χ0v) is 10.0. The van der Waals surface area contributed by atoms with Crippen LogP contribution in [-0.4, -0.2) is 26.7 Å². The normalized spacial score (nSPS) is 10.5. The van der Waals surface area contributed by atoms with Crippen molar-refractivity contribution in [3.05, 3.63) is 42.2 Å². The van der Waals surface area contributed by atoms with Crippen LogP contribution in [0.5, 0.6) is 0 Å². The van der Waals surface area contributed by atoms with Crippen molar-refractivity contribution in [2.24, 2.45) is 7.05 Å². The Morgan fingerprint density at radius 3 is 2.88 bits per heavy atom. The molecule has 5 nitrogen and oxygen atoms in total. The zero-order valence-electron chi connectivity index (χ0n) is 10.0. The Morgan fingerprint density at radius 2 is 2.24 bits per heavy atom. The van der Waals surface area contributed by atoms with E-state index in [1.165, 1.54) is 0 Å². The van der Waals surface area contributed by atoms with Crippen LogP contribution in [0.3, 0.4) is 0 Å². The van der Waals surface area contributed by atoms with Gasteiger partial charge in [0, 0.05) is 50.1 Å². The molecule has 0 aliphatic carbocycles. The number of aliphatic hydroxyl groups is 1. The van der Waals surface area contributed by atoms with E-state index in [9.17, 15) is 5.11 Å². The Hall–Kier alpha value is -1.88. The minimum Gasteiger partial charge on any atom is -0.392 e. The maximum absolute atomic E-state index is 9.26. The Bertz CT molecular complexity index is 495. The van der Waals surface area contributed by atoms with Crippen LogP contribution in [0.15, 0.2) is 30.9 Å². The smallest absolute Gasteiger partial charge is 0.127 e. The van der Waals surface area contributed by atoms with E-state index in [-0.39, 0.29) is 6.61 Å². The van der Waals surface area contributed by atoms with Crippen molar-refractivity contribution in [3.8, 4) is 0 Å². The number of nitrogens with zero attached hydrogens (tertiary/aromatic N) is 4. The van der Waals surface area contributed by atoms with Crippen LogP contribution in [0, 0.1) is 0 Å². The van der Waals surface area contributed by atoms with Gasteiger partial charge in [0.25, 0.3) is 0 Å². The van der Waals surface area contributed by atoms with Crippen molar-refractivity contribution in [2.45, 2.75) is 13.2 Å². The summed E-state index contributed by atoms with van der Waals surface area (Å²) in [5.41, 5.74) is 1.80. The van der Waals surface area contributed by atoms with Crippen molar-refractivity contribution in [1.29, 1.82) is 0 Å². The molecule has 2 rings (SSSR count). The monoisotopic (exact) mass is 232 g/mol. The molecule has 90 valence electrons. The van der Waals surface area contributed by atoms with Gasteiger partial charge in [-0.2, -0.15) is 0 Å². The first-order chi connectivity index (χ1) is 8.22. The highest BCUT2D eigenvalue weighted by molar-refractivity contribution is 5.51. The van der Waals surface area contributed by atoms with Gasteiger partial charge in [-0.3, -0.25) is 4.98 Å². The lowest BCUT2D eigenvalue weighted by molar-refractivity contribution is 0.281. The van der Waals surface area contributed by atoms with Crippen LogP contribution in [0.25, 0.3) is 0 Å². The number of hydrogen-bond acceptors (Lipinski definition) is 4. The third-order valence-electron chi connectivity index (χ3n) is 2.76. The maximum atomic E-state index is 9.26. The lowest BCUT2D eigenvalue weighted by atomic mass is 10.2. The number of aliphatic hydroxyl groups excluding tert-OH is 1. The molecule has 0 bridgehead atoms. The van der Waals surface area contributed by atoms with E-state index in [4.69, 9.17) is 0 Å². The van der Waals surface area contributed by atoms with E-state index in [0.29, 0.717) is 6.54 Å². The molecule has 0 aliphatic rings. The van der Waals surface area contributed by atoms with Crippen molar-refractivity contribution in [3.63, 3.8) is 0 Å². The molecule has 0 saturated carbocycles. The predicted molar refractivity (Wildman–Crippen MR) is 65.5 cm³/mol. The highest BCUT2D eigenvalue weighted by Crippen LogP contribution is 2.19. The fraction of sp³-hybridized carbons (Fsp3) is 0.333. The number of aromatic nitrogens is 3. The van der Waals surface area contributed by atoms with Gasteiger partial charge in [-0.15, -0.1) is 0 Å². The van der Waals surface area contributed by atoms with E-state index < -0.39 is 0 Å². The van der Waals surface area contributed by atoms with Gasteiger partial charge in [0.2, 0.25) is 0 Å². The SMILES string of the molecule is CN(Cc1nccn1C)c1ccncc1CO. The Labute approximate surface area is 100 Å². The topological polar surface area (TPSA) is 54.2 Å². The summed E-state index contributed by atoms with van der Waals surface area (Å²) in [5.74, 6) is 0.980. The van der Waals surface area contributed by atoms with E-state index in [1.54, 1.807) is 18.6 Å². The molecule has 0 radical (unpaired) electrons. The molecule has 0 atom stereocenters. The summed E-state index contributed by atoms with van der Waals surface area (Å²) in [7, 11) is 3.94. The van der Waals surface area contributed by atoms with Crippen molar-refractivity contribution in [1.82, 2.24) is 14.5 Å². The lowest BCUT2D eigenvalue weighted by Gasteiger charge is -2.21. The van der Waals surface area contributed by atoms with Crippen LogP contribution in [-0.2, 0) is 20.2 Å². The second-order valence-corrected chi connectivity index (χ2v) is 3.97. The highest BCUT2D eigenvalue weighted by atomic mass is 16.3. The lowest BCUT2D eigenvalue weighted by Crippen LogP contribution is -2.20. The molecule has 2 heterocycles. The van der Waals surface area contributed by atoms with Gasteiger partial charge in [0.05, 0.1) is 13.2 Å². The Balaban J connectivity index is 2.20. The molecule has 0 aliphatic heterocycles. The molecule has 0 fully saturated rings. The van der Waals surface area contributed by atoms with Gasteiger partial charge in [-0.25, -0.2) is 4.98 Å². The predicted octanol–water partition coefficient (Wildman–Crippen LogP) is 0.944. The number of hydrogen-bond donors (Lipinski definition) is 1. The first kappa shape index (κ1) is 11.6. The summed E-state index contributed by atoms with van der Waals surface area (Å²) in [6.45, 7) is 0.689. The van der Waals surface area contributed by atoms with Gasteiger partial charge in [-0.05, 0) is 6.07 Å². The quantitative estimate of drug-likeness (QED) is 0.852. The van der Waals surface area contributed by atoms with Crippen molar-refractivity contribution < 1.29 is 5.11 Å². The first-order valence-electron chi connectivity index (χ1n) is 5.43. The number of imidazole rings is 1. The van der Waals surface area contributed by atoms with Crippen LogP contribution in [0.2, 0.25) is 0 Å². The molecule has 1 N–H and O–H groups in total. The van der Waals surface area contributed by atoms with Gasteiger partial charge in [0.1, 0.15) is 5.82 Å². The molecule has 17 heavy (non-hydrogen) atoms. The third kappa shape index (κ3) is 2.45. The number of aryl methyl sites for hydroxylation is 1. The molecule has 2 aromatic rings. The van der Waals surface area contributed by atoms with Crippen LogP contribution < -0.4 is 4.90 Å². The van der Waals surface area contributed by atoms with Gasteiger partial charge in [0.15, 0.2) is 0 Å². The molecule has 0 unspecified atom stereocenters. The van der Waals surface area contributed by atoms with E-state index in [0.717, 1.165) is 17.1 Å². The molecule has 2 aromatic heterocycles. The third-order valence-corrected chi connectivity index (χ3v) is 2.76. The second-order valence-electron chi connectivity index (χ2n) is 3.97. The minimum absolute atomic E-state index is 0.00587. The standard InChI is InChI=1S/C12H16N4O/c1-15-6-5-14-12(15)8-16(2)11-3-4-13-7-10(11)9-17/h3-7,17H,8-9H2,1-2H3. The molecule has 0 spiro atoms. The Kier molecular flexibility index (Phi) is 3.39. The van der Waals surface area contributed by atoms with Gasteiger partial charge in [-0.1, -0.05) is 0 Å². The molecule has 0 amide bonds. The highest BCUT2D eigenvalue weighted by Gasteiger charge is 2.09. The maximum Gasteiger partial charge on any atom is 0.127 e. The molecule has 5 heteroatoms. The fourth-order valence-corrected chi connectivity index (χ4v) is 1.76. The summed E-state index contributed by atoms with van der Waals surface area (Å²) in [5, 5.41) is 9.26. The Morgan fingerprint density at radius 1 is 1.41 bits per heavy atom. The van der Waals surface area contributed by atoms with E-state index in [2.05, 4.69) is 14.9 Å². The van der Waals surface area contributed by atoms with Crippen LogP contribution in [0.4, 0.5) is 5.69 Å². The summed E-state index contributed by atoms with van der Waals surface area (Å²) in [6, 6.07) is 1.90. The summed E-state index contributed by atoms with van der Waals surface area (Å²) >= 11 is 0. The fourth-order valence-electron chi connectivity index (χ4n) is 1.76. The summed E-state index contributed by atoms with van der Waals surface area (Å²) < 4.78 is 1.98. The molecular weight excluding hydrogens is 216 g/mol. The average molecular weight is 232 g/mol. The van der Waals surface area contributed by atoms with E-state index >= 15 is 0 Å². The van der Waals surface area contributed by atoms with Gasteiger partial charge < -0.3 is 14.6 Å². The average Bonchev–Trinajstić information content (AvgIpc) is 2.75. The minimum atomic E-state index is -0.00587. The second kappa shape index (κ2) is 4.97. The van der Waals surface area contributed by atoms with Crippen LogP contribution >= 0.6 is 0 Å². The first-order valence-corrected chi connectivity index (χ1v) is 5.43. The van der Waals surface area contributed by atoms with Crippen molar-refractivity contribution in [2.75, 3.05) is 11.9 Å². The molecular formula is C12H16N4O. The number of rotatable bonds is 4. The largest absolute Gasteiger partial charge is 0.392 e.